The third kappa shape index (κ3) is 13.9. The van der Waals surface area contributed by atoms with Gasteiger partial charge in [0.25, 0.3) is 0 Å². The number of phenolic OH excluding ortho intramolecular Hbond substituents is 1. The predicted octanol–water partition coefficient (Wildman–Crippen LogP) is 5.93. The Labute approximate surface area is 278 Å². The van der Waals surface area contributed by atoms with Gasteiger partial charge < -0.3 is 38.3 Å². The van der Waals surface area contributed by atoms with Gasteiger partial charge in [-0.3, -0.25) is 14.4 Å². The lowest BCUT2D eigenvalue weighted by Gasteiger charge is -2.19. The molecule has 2 rings (SSSR count). The molecule has 0 fully saturated rings. The number of esters is 1. The van der Waals surface area contributed by atoms with Crippen molar-refractivity contribution in [3.8, 4) is 23.0 Å². The molecule has 47 heavy (non-hydrogen) atoms. The van der Waals surface area contributed by atoms with Crippen LogP contribution in [0.1, 0.15) is 92.1 Å². The quantitative estimate of drug-likeness (QED) is 0.0730. The van der Waals surface area contributed by atoms with Crippen LogP contribution in [0.2, 0.25) is 0 Å². The number of ketones is 2. The molecule has 2 aromatic rings. The highest BCUT2D eigenvalue weighted by Crippen LogP contribution is 2.35. The molecule has 11 heteroatoms. The SMILES string of the molecule is CCCc1c(OCCOCCOCCOCCOc2c(C(C)=O)ccc(OCCCC(=O)OCC)c2CCC)ccc(C(C)=O)c1O. The molecule has 0 atom stereocenters. The number of aromatic hydroxyl groups is 1. The first-order chi connectivity index (χ1) is 22.7. The zero-order valence-electron chi connectivity index (χ0n) is 28.7. The first kappa shape index (κ1) is 39.5. The molecule has 0 amide bonds. The van der Waals surface area contributed by atoms with E-state index in [0.717, 1.165) is 18.4 Å². The summed E-state index contributed by atoms with van der Waals surface area (Å²) in [7, 11) is 0. The maximum Gasteiger partial charge on any atom is 0.305 e. The minimum Gasteiger partial charge on any atom is -0.507 e. The fourth-order valence-electron chi connectivity index (χ4n) is 4.79. The summed E-state index contributed by atoms with van der Waals surface area (Å²) in [5.74, 6) is 1.16. The van der Waals surface area contributed by atoms with Crippen LogP contribution in [0.4, 0.5) is 0 Å². The van der Waals surface area contributed by atoms with Crippen LogP contribution in [0.5, 0.6) is 23.0 Å². The van der Waals surface area contributed by atoms with Crippen molar-refractivity contribution in [3.63, 3.8) is 0 Å². The lowest BCUT2D eigenvalue weighted by molar-refractivity contribution is -0.143. The van der Waals surface area contributed by atoms with Gasteiger partial charge in [-0.15, -0.1) is 0 Å². The molecule has 0 saturated heterocycles. The summed E-state index contributed by atoms with van der Waals surface area (Å²) in [6.45, 7) is 12.2. The second-order valence-corrected chi connectivity index (χ2v) is 10.8. The number of carbonyl (C=O) groups excluding carboxylic acids is 3. The van der Waals surface area contributed by atoms with Gasteiger partial charge in [0.15, 0.2) is 11.6 Å². The molecular formula is C36H52O11. The average Bonchev–Trinajstić information content (AvgIpc) is 3.03. The van der Waals surface area contributed by atoms with Gasteiger partial charge in [-0.25, -0.2) is 0 Å². The molecule has 0 saturated carbocycles. The number of hydrogen-bond donors (Lipinski definition) is 1. The molecule has 1 N–H and O–H groups in total. The second-order valence-electron chi connectivity index (χ2n) is 10.8. The molecule has 2 aromatic carbocycles. The average molecular weight is 661 g/mol. The minimum absolute atomic E-state index is 0.0124. The Bertz CT molecular complexity index is 1260. The molecule has 0 spiro atoms. The number of rotatable bonds is 26. The predicted molar refractivity (Wildman–Crippen MR) is 177 cm³/mol. The largest absolute Gasteiger partial charge is 0.507 e. The Kier molecular flexibility index (Phi) is 19.2. The highest BCUT2D eigenvalue weighted by Gasteiger charge is 2.19. The number of benzene rings is 2. The molecule has 0 aliphatic heterocycles. The van der Waals surface area contributed by atoms with Crippen molar-refractivity contribution in [2.24, 2.45) is 0 Å². The van der Waals surface area contributed by atoms with Gasteiger partial charge >= 0.3 is 5.97 Å². The van der Waals surface area contributed by atoms with Crippen LogP contribution in [0.3, 0.4) is 0 Å². The molecular weight excluding hydrogens is 608 g/mol. The fraction of sp³-hybridized carbons (Fsp3) is 0.583. The first-order valence-corrected chi connectivity index (χ1v) is 16.5. The van der Waals surface area contributed by atoms with E-state index in [1.165, 1.54) is 13.8 Å². The standard InChI is InChI=1S/C36H52O11/c1-6-10-30-32(15-13-28(26(4)37)35(30)40)46-24-22-42-20-18-41-19-21-43-23-25-47-36-29(27(5)38)14-16-33(31(36)11-7-2)45-17-9-12-34(39)44-8-3/h13-16,40H,6-12,17-25H2,1-5H3. The zero-order chi connectivity index (χ0) is 34.4. The van der Waals surface area contributed by atoms with E-state index >= 15 is 0 Å². The molecule has 11 nitrogen and oxygen atoms in total. The normalized spacial score (nSPS) is 10.9. The Morgan fingerprint density at radius 1 is 0.617 bits per heavy atom. The van der Waals surface area contributed by atoms with Crippen molar-refractivity contribution in [3.05, 3.63) is 46.5 Å². The van der Waals surface area contributed by atoms with Crippen LogP contribution in [-0.4, -0.2) is 88.7 Å². The zero-order valence-corrected chi connectivity index (χ0v) is 28.7. The first-order valence-electron chi connectivity index (χ1n) is 16.5. The molecule has 0 heterocycles. The monoisotopic (exact) mass is 660 g/mol. The maximum absolute atomic E-state index is 12.3. The molecule has 0 unspecified atom stereocenters. The van der Waals surface area contributed by atoms with Gasteiger partial charge in [0, 0.05) is 17.5 Å². The molecule has 0 bridgehead atoms. The summed E-state index contributed by atoms with van der Waals surface area (Å²) in [5.41, 5.74) is 2.25. The summed E-state index contributed by atoms with van der Waals surface area (Å²) in [5, 5.41) is 10.5. The Hall–Kier alpha value is -3.67. The minimum atomic E-state index is -0.250. The number of hydrogen-bond acceptors (Lipinski definition) is 11. The lowest BCUT2D eigenvalue weighted by atomic mass is 10.0. The third-order valence-electron chi connectivity index (χ3n) is 7.01. The van der Waals surface area contributed by atoms with E-state index in [4.69, 9.17) is 33.2 Å². The van der Waals surface area contributed by atoms with Crippen molar-refractivity contribution in [1.82, 2.24) is 0 Å². The lowest BCUT2D eigenvalue weighted by Crippen LogP contribution is -2.15. The molecule has 262 valence electrons. The van der Waals surface area contributed by atoms with Crippen LogP contribution >= 0.6 is 0 Å². The van der Waals surface area contributed by atoms with E-state index in [1.807, 2.05) is 13.8 Å². The summed E-state index contributed by atoms with van der Waals surface area (Å²) in [6, 6.07) is 6.79. The van der Waals surface area contributed by atoms with E-state index < -0.39 is 0 Å². The van der Waals surface area contributed by atoms with Crippen molar-refractivity contribution >= 4 is 17.5 Å². The van der Waals surface area contributed by atoms with E-state index in [0.29, 0.717) is 113 Å². The number of phenols is 1. The van der Waals surface area contributed by atoms with Crippen molar-refractivity contribution in [1.29, 1.82) is 0 Å². The van der Waals surface area contributed by atoms with Gasteiger partial charge in [-0.05, 0) is 64.3 Å². The smallest absolute Gasteiger partial charge is 0.305 e. The van der Waals surface area contributed by atoms with E-state index in [1.54, 1.807) is 31.2 Å². The molecule has 0 aromatic heterocycles. The third-order valence-corrected chi connectivity index (χ3v) is 7.01. The summed E-state index contributed by atoms with van der Waals surface area (Å²) in [6.07, 6.45) is 3.72. The molecule has 0 radical (unpaired) electrons. The topological polar surface area (TPSA) is 136 Å². The van der Waals surface area contributed by atoms with Gasteiger partial charge in [0.2, 0.25) is 0 Å². The number of ether oxygens (including phenoxy) is 7. The van der Waals surface area contributed by atoms with Gasteiger partial charge in [0.1, 0.15) is 36.2 Å². The second kappa shape index (κ2) is 22.8. The van der Waals surface area contributed by atoms with E-state index in [9.17, 15) is 19.5 Å². The van der Waals surface area contributed by atoms with E-state index in [-0.39, 0.29) is 36.3 Å². The Morgan fingerprint density at radius 2 is 1.11 bits per heavy atom. The van der Waals surface area contributed by atoms with E-state index in [2.05, 4.69) is 0 Å². The Morgan fingerprint density at radius 3 is 1.66 bits per heavy atom. The molecule has 0 aliphatic rings. The fourth-order valence-corrected chi connectivity index (χ4v) is 4.79. The van der Waals surface area contributed by atoms with Crippen LogP contribution in [0.15, 0.2) is 24.3 Å². The molecule has 0 aliphatic carbocycles. The van der Waals surface area contributed by atoms with Crippen molar-refractivity contribution < 1.29 is 52.6 Å². The van der Waals surface area contributed by atoms with Crippen molar-refractivity contribution in [2.45, 2.75) is 73.1 Å². The van der Waals surface area contributed by atoms with Crippen LogP contribution in [-0.2, 0) is 36.6 Å². The summed E-state index contributed by atoms with van der Waals surface area (Å²) in [4.78, 5) is 35.7. The number of carbonyl (C=O) groups is 3. The Balaban J connectivity index is 1.68. The number of Topliss-reactive ketones (excluding diaryl/α,β-unsaturated/α-hetero) is 2. The van der Waals surface area contributed by atoms with Crippen molar-refractivity contribution in [2.75, 3.05) is 66.1 Å². The highest BCUT2D eigenvalue weighted by atomic mass is 16.6. The van der Waals surface area contributed by atoms with Crippen LogP contribution in [0.25, 0.3) is 0 Å². The van der Waals surface area contributed by atoms with Crippen LogP contribution < -0.4 is 14.2 Å². The van der Waals surface area contributed by atoms with Crippen LogP contribution in [0, 0.1) is 0 Å². The van der Waals surface area contributed by atoms with Gasteiger partial charge in [-0.2, -0.15) is 0 Å². The highest BCUT2D eigenvalue weighted by molar-refractivity contribution is 5.98. The summed E-state index contributed by atoms with van der Waals surface area (Å²) >= 11 is 0. The van der Waals surface area contributed by atoms with Gasteiger partial charge in [-0.1, -0.05) is 26.7 Å². The van der Waals surface area contributed by atoms with Gasteiger partial charge in [0.05, 0.1) is 64.0 Å². The summed E-state index contributed by atoms with van der Waals surface area (Å²) < 4.78 is 39.6. The maximum atomic E-state index is 12.3.